The number of nitrogens with zero attached hydrogens (tertiary/aromatic N) is 1. The summed E-state index contributed by atoms with van der Waals surface area (Å²) in [6, 6.07) is -0.901. The van der Waals surface area contributed by atoms with Gasteiger partial charge in [0, 0.05) is 7.05 Å². The molecule has 0 aliphatic heterocycles. The van der Waals surface area contributed by atoms with E-state index in [1.165, 1.54) is 14.0 Å². The molecule has 7 nitrogen and oxygen atoms in total. The van der Waals surface area contributed by atoms with Gasteiger partial charge in [-0.1, -0.05) is 52.2 Å². The van der Waals surface area contributed by atoms with Crippen LogP contribution in [0.1, 0.15) is 48.5 Å². The first kappa shape index (κ1) is 28.3. The smallest absolute Gasteiger partial charge is 0.347 e. The van der Waals surface area contributed by atoms with Crippen LogP contribution in [0.3, 0.4) is 0 Å². The molecular weight excluding hydrogens is 362 g/mol. The monoisotopic (exact) mass is 399 g/mol. The average molecular weight is 400 g/mol. The molecule has 0 radical (unpaired) electrons. The Morgan fingerprint density at radius 1 is 1.11 bits per heavy atom. The zero-order valence-electron chi connectivity index (χ0n) is 18.5. The normalized spacial score (nSPS) is 14.3. The van der Waals surface area contributed by atoms with E-state index in [9.17, 15) is 14.8 Å². The number of aliphatic hydroxyl groups is 1. The maximum atomic E-state index is 12.2. The molecule has 0 aromatic rings. The van der Waals surface area contributed by atoms with E-state index in [1.807, 2.05) is 0 Å². The second kappa shape index (κ2) is 12.5. The number of ether oxygens (including phenoxy) is 2. The molecule has 0 saturated heterocycles. The van der Waals surface area contributed by atoms with Crippen LogP contribution in [0, 0.1) is 5.41 Å². The molecule has 0 amide bonds. The highest BCUT2D eigenvalue weighted by Gasteiger charge is 2.37. The lowest BCUT2D eigenvalue weighted by Crippen LogP contribution is -2.48. The molecule has 0 heterocycles. The topological polar surface area (TPSA) is 96.3 Å². The van der Waals surface area contributed by atoms with Crippen LogP contribution >= 0.6 is 0 Å². The highest BCUT2D eigenvalue weighted by Crippen LogP contribution is 2.24. The largest absolute Gasteiger partial charge is 0.458 e. The molecule has 0 aliphatic rings. The van der Waals surface area contributed by atoms with Crippen molar-refractivity contribution in [1.29, 1.82) is 0 Å². The summed E-state index contributed by atoms with van der Waals surface area (Å²) >= 11 is 0. The summed E-state index contributed by atoms with van der Waals surface area (Å²) in [7, 11) is 1.36. The van der Waals surface area contributed by atoms with Gasteiger partial charge in [0.05, 0.1) is 5.60 Å². The van der Waals surface area contributed by atoms with Crippen molar-refractivity contribution >= 4 is 11.9 Å². The van der Waals surface area contributed by atoms with Crippen molar-refractivity contribution in [2.24, 2.45) is 5.41 Å². The van der Waals surface area contributed by atoms with Gasteiger partial charge in [-0.25, -0.2) is 4.79 Å². The summed E-state index contributed by atoms with van der Waals surface area (Å²) in [5, 5.41) is 18.9. The van der Waals surface area contributed by atoms with Crippen LogP contribution in [0.4, 0.5) is 0 Å². The molecule has 162 valence electrons. The van der Waals surface area contributed by atoms with Crippen LogP contribution in [-0.4, -0.2) is 58.7 Å². The fourth-order valence-electron chi connectivity index (χ4n) is 1.95. The molecule has 0 spiro atoms. The first-order valence-corrected chi connectivity index (χ1v) is 8.99. The fourth-order valence-corrected chi connectivity index (χ4v) is 1.95. The van der Waals surface area contributed by atoms with Crippen molar-refractivity contribution in [3.8, 4) is 0 Å². The highest BCUT2D eigenvalue weighted by atomic mass is 16.6. The Kier molecular flexibility index (Phi) is 12.6. The summed E-state index contributed by atoms with van der Waals surface area (Å²) in [4.78, 5) is 24.1. The maximum Gasteiger partial charge on any atom is 0.347 e. The minimum atomic E-state index is -1.08. The third kappa shape index (κ3) is 14.1. The summed E-state index contributed by atoms with van der Waals surface area (Å²) in [5.41, 5.74) is -0.387. The Morgan fingerprint density at radius 2 is 1.57 bits per heavy atom. The highest BCUT2D eigenvalue weighted by molar-refractivity contribution is 5.82. The van der Waals surface area contributed by atoms with Gasteiger partial charge < -0.3 is 19.8 Å². The molecule has 28 heavy (non-hydrogen) atoms. The lowest BCUT2D eigenvalue weighted by atomic mass is 9.86. The van der Waals surface area contributed by atoms with Gasteiger partial charge in [0.25, 0.3) is 0 Å². The molecule has 0 rings (SSSR count). The van der Waals surface area contributed by atoms with Crippen molar-refractivity contribution in [3.63, 3.8) is 0 Å². The van der Waals surface area contributed by atoms with Gasteiger partial charge in [-0.05, 0) is 38.7 Å². The second-order valence-electron chi connectivity index (χ2n) is 8.38. The van der Waals surface area contributed by atoms with E-state index in [-0.39, 0.29) is 6.61 Å². The Balaban J connectivity index is 0. The van der Waals surface area contributed by atoms with Crippen molar-refractivity contribution < 1.29 is 29.4 Å². The van der Waals surface area contributed by atoms with E-state index in [4.69, 9.17) is 14.6 Å². The van der Waals surface area contributed by atoms with E-state index in [2.05, 4.69) is 13.2 Å². The minimum absolute atomic E-state index is 0.0127. The lowest BCUT2D eigenvalue weighted by molar-refractivity contribution is -0.189. The Morgan fingerprint density at radius 3 is 1.89 bits per heavy atom. The first-order chi connectivity index (χ1) is 12.5. The van der Waals surface area contributed by atoms with Crippen molar-refractivity contribution in [3.05, 3.63) is 37.0 Å². The number of rotatable bonds is 8. The number of carbonyl (C=O) groups is 2. The van der Waals surface area contributed by atoms with Gasteiger partial charge in [0.15, 0.2) is 6.10 Å². The number of hydrogen-bond donors (Lipinski definition) is 2. The molecule has 2 N–H and O–H groups in total. The number of likely N-dealkylation sites (N-methyl/N-ethyl adjacent to an activating group) is 1. The summed E-state index contributed by atoms with van der Waals surface area (Å²) < 4.78 is 10.2. The molecule has 0 bridgehead atoms. The van der Waals surface area contributed by atoms with Crippen LogP contribution in [0.5, 0.6) is 0 Å². The van der Waals surface area contributed by atoms with Crippen molar-refractivity contribution in [2.75, 3.05) is 13.7 Å². The van der Waals surface area contributed by atoms with E-state index in [0.717, 1.165) is 5.06 Å². The van der Waals surface area contributed by atoms with E-state index >= 15 is 0 Å². The second-order valence-corrected chi connectivity index (χ2v) is 8.38. The van der Waals surface area contributed by atoms with Crippen molar-refractivity contribution in [2.45, 2.75) is 66.2 Å². The predicted molar refractivity (Wildman–Crippen MR) is 110 cm³/mol. The number of esters is 2. The zero-order valence-corrected chi connectivity index (χ0v) is 18.5. The van der Waals surface area contributed by atoms with Gasteiger partial charge in [-0.2, -0.15) is 5.06 Å². The Labute approximate surface area is 169 Å². The molecule has 2 atom stereocenters. The molecule has 0 aromatic heterocycles. The van der Waals surface area contributed by atoms with Crippen molar-refractivity contribution in [1.82, 2.24) is 5.06 Å². The third-order valence-electron chi connectivity index (χ3n) is 3.02. The fraction of sp³-hybridized carbons (Fsp3) is 0.619. The molecule has 0 aromatic carbocycles. The predicted octanol–water partition coefficient (Wildman–Crippen LogP) is 3.27. The quantitative estimate of drug-likeness (QED) is 0.367. The van der Waals surface area contributed by atoms with Crippen LogP contribution < -0.4 is 0 Å². The van der Waals surface area contributed by atoms with Gasteiger partial charge in [-0.3, -0.25) is 4.79 Å². The molecule has 0 aliphatic carbocycles. The standard InChI is InChI=1S/C17H27NO5.C4H10O/c1-8-10-13(9-2)11-22-15(19)12(3)23-16(20)14(18(7)21)17(4,5)6;1-4(2,3)5/h8-10,12,14,21H,1-2,11H2,3-7H3;5H,1-3H3/b13-10+;/t12-,14-;/m1./s1. The Hall–Kier alpha value is -1.96. The molecule has 0 saturated carbocycles. The number of hydrogen-bond acceptors (Lipinski definition) is 7. The van der Waals surface area contributed by atoms with Gasteiger partial charge >= 0.3 is 11.9 Å². The van der Waals surface area contributed by atoms with Crippen LogP contribution in [0.25, 0.3) is 0 Å². The van der Waals surface area contributed by atoms with Crippen LogP contribution in [0.2, 0.25) is 0 Å². The third-order valence-corrected chi connectivity index (χ3v) is 3.02. The molecule has 0 fully saturated rings. The summed E-state index contributed by atoms with van der Waals surface area (Å²) in [6.07, 6.45) is 3.68. The van der Waals surface area contributed by atoms with Crippen LogP contribution in [-0.2, 0) is 19.1 Å². The molecule has 7 heteroatoms. The molecular formula is C21H37NO6. The van der Waals surface area contributed by atoms with Crippen LogP contribution in [0.15, 0.2) is 37.0 Å². The van der Waals surface area contributed by atoms with E-state index < -0.39 is 35.1 Å². The van der Waals surface area contributed by atoms with E-state index in [1.54, 1.807) is 59.8 Å². The van der Waals surface area contributed by atoms with Gasteiger partial charge in [0.2, 0.25) is 0 Å². The number of hydroxylamine groups is 2. The number of allylic oxidation sites excluding steroid dienone is 2. The first-order valence-electron chi connectivity index (χ1n) is 8.99. The Bertz CT molecular complexity index is 546. The van der Waals surface area contributed by atoms with E-state index in [0.29, 0.717) is 5.57 Å². The lowest BCUT2D eigenvalue weighted by Gasteiger charge is -2.32. The molecule has 0 unspecified atom stereocenters. The zero-order chi connectivity index (χ0) is 22.7. The van der Waals surface area contributed by atoms with Gasteiger partial charge in [-0.15, -0.1) is 0 Å². The maximum absolute atomic E-state index is 12.2. The number of carbonyl (C=O) groups excluding carboxylic acids is 2. The van der Waals surface area contributed by atoms with Gasteiger partial charge in [0.1, 0.15) is 12.6 Å². The SMILES string of the molecule is C=C/C=C(\C=C)COC(=O)[C@@H](C)OC(=O)[C@@H](N(C)O)C(C)(C)C.CC(C)(C)O. The minimum Gasteiger partial charge on any atom is -0.458 e. The summed E-state index contributed by atoms with van der Waals surface area (Å²) in [5.74, 6) is -1.37. The summed E-state index contributed by atoms with van der Waals surface area (Å²) in [6.45, 7) is 19.2. The average Bonchev–Trinajstić information content (AvgIpc) is 2.47.